The molecule has 0 aromatic heterocycles. The number of carbonyl (C=O) groups is 1. The fraction of sp³-hybridized carbons (Fsp3) is 0.536. The second-order valence-corrected chi connectivity index (χ2v) is 8.28. The van der Waals surface area contributed by atoms with Crippen molar-refractivity contribution >= 4 is 6.16 Å². The van der Waals surface area contributed by atoms with E-state index in [-0.39, 0.29) is 0 Å². The van der Waals surface area contributed by atoms with Crippen LogP contribution in [-0.2, 0) is 32.1 Å². The van der Waals surface area contributed by atoms with Gasteiger partial charge in [0.05, 0.1) is 0 Å². The van der Waals surface area contributed by atoms with Gasteiger partial charge in [-0.1, -0.05) is 84.9 Å². The lowest BCUT2D eigenvalue weighted by molar-refractivity contribution is 0.151. The van der Waals surface area contributed by atoms with Crippen molar-refractivity contribution in [1.29, 1.82) is 0 Å². The molecule has 170 valence electrons. The van der Waals surface area contributed by atoms with Crippen molar-refractivity contribution in [3.8, 4) is 11.5 Å². The fourth-order valence-corrected chi connectivity index (χ4v) is 4.35. The Hall–Kier alpha value is -2.29. The quantitative estimate of drug-likeness (QED) is 0.255. The van der Waals surface area contributed by atoms with Gasteiger partial charge < -0.3 is 9.47 Å². The molecule has 0 N–H and O–H groups in total. The second-order valence-electron chi connectivity index (χ2n) is 8.28. The van der Waals surface area contributed by atoms with E-state index in [9.17, 15) is 4.79 Å². The summed E-state index contributed by atoms with van der Waals surface area (Å²) >= 11 is 0. The molecule has 0 saturated heterocycles. The zero-order valence-corrected chi connectivity index (χ0v) is 20.2. The molecule has 0 radical (unpaired) electrons. The van der Waals surface area contributed by atoms with E-state index < -0.39 is 6.16 Å². The first-order valence-corrected chi connectivity index (χ1v) is 12.2. The van der Waals surface area contributed by atoms with E-state index in [4.69, 9.17) is 9.47 Å². The van der Waals surface area contributed by atoms with Crippen molar-refractivity contribution in [2.24, 2.45) is 0 Å². The van der Waals surface area contributed by atoms with Gasteiger partial charge in [0.25, 0.3) is 0 Å². The van der Waals surface area contributed by atoms with Crippen molar-refractivity contribution in [2.75, 3.05) is 0 Å². The molecule has 3 nitrogen and oxygen atoms in total. The molecule has 0 amide bonds. The molecule has 0 aliphatic rings. The first-order chi connectivity index (χ1) is 15.1. The first kappa shape index (κ1) is 25.0. The summed E-state index contributed by atoms with van der Waals surface area (Å²) < 4.78 is 11.5. The maximum atomic E-state index is 12.8. The van der Waals surface area contributed by atoms with Crippen molar-refractivity contribution < 1.29 is 14.3 Å². The molecule has 0 atom stereocenters. The van der Waals surface area contributed by atoms with Crippen LogP contribution in [0.4, 0.5) is 4.79 Å². The Morgan fingerprint density at radius 1 is 0.581 bits per heavy atom. The summed E-state index contributed by atoms with van der Waals surface area (Å²) in [5.41, 5.74) is 6.29. The molecular weight excluding hydrogens is 384 g/mol. The Morgan fingerprint density at radius 2 is 1.06 bits per heavy atom. The standard InChI is InChI=1S/C28H40O3/c1-6-12-21-17-11-18-26(24(21)15-9-4)30-28(29)31-27-20-19-22(13-7-2)23(14-8-3)25(27)16-10-5/h11,17-20H,6-10,12-16H2,1-5H3. The Labute approximate surface area is 189 Å². The van der Waals surface area contributed by atoms with E-state index in [0.29, 0.717) is 11.5 Å². The van der Waals surface area contributed by atoms with Crippen LogP contribution >= 0.6 is 0 Å². The predicted octanol–water partition coefficient (Wildman–Crippen LogP) is 8.03. The molecular formula is C28H40O3. The minimum absolute atomic E-state index is 0.631. The van der Waals surface area contributed by atoms with Crippen molar-refractivity contribution in [1.82, 2.24) is 0 Å². The third-order valence-corrected chi connectivity index (χ3v) is 5.64. The van der Waals surface area contributed by atoms with Gasteiger partial charge in [0, 0.05) is 0 Å². The highest BCUT2D eigenvalue weighted by atomic mass is 16.7. The smallest absolute Gasteiger partial charge is 0.394 e. The average Bonchev–Trinajstić information content (AvgIpc) is 2.75. The van der Waals surface area contributed by atoms with E-state index in [0.717, 1.165) is 69.8 Å². The van der Waals surface area contributed by atoms with Gasteiger partial charge in [-0.3, -0.25) is 0 Å². The van der Waals surface area contributed by atoms with Crippen LogP contribution in [0.25, 0.3) is 0 Å². The molecule has 0 unspecified atom stereocenters. The van der Waals surface area contributed by atoms with Crippen LogP contribution in [0.3, 0.4) is 0 Å². The monoisotopic (exact) mass is 424 g/mol. The minimum Gasteiger partial charge on any atom is -0.394 e. The topological polar surface area (TPSA) is 35.5 Å². The Bertz CT molecular complexity index is 838. The van der Waals surface area contributed by atoms with Crippen molar-refractivity contribution in [3.63, 3.8) is 0 Å². The number of ether oxygens (including phenoxy) is 2. The Kier molecular flexibility index (Phi) is 10.6. The molecule has 0 bridgehead atoms. The molecule has 2 aromatic carbocycles. The summed E-state index contributed by atoms with van der Waals surface area (Å²) in [5, 5.41) is 0. The van der Waals surface area contributed by atoms with Gasteiger partial charge in [-0.25, -0.2) is 4.79 Å². The van der Waals surface area contributed by atoms with Crippen LogP contribution < -0.4 is 9.47 Å². The third-order valence-electron chi connectivity index (χ3n) is 5.64. The van der Waals surface area contributed by atoms with Gasteiger partial charge in [0.2, 0.25) is 0 Å². The van der Waals surface area contributed by atoms with Crippen molar-refractivity contribution in [3.05, 3.63) is 58.1 Å². The van der Waals surface area contributed by atoms with E-state index in [1.165, 1.54) is 22.3 Å². The molecule has 0 spiro atoms. The summed E-state index contributed by atoms with van der Waals surface area (Å²) in [5.74, 6) is 1.28. The summed E-state index contributed by atoms with van der Waals surface area (Å²) in [7, 11) is 0. The van der Waals surface area contributed by atoms with Crippen LogP contribution in [0.1, 0.15) is 94.5 Å². The SMILES string of the molecule is CCCc1cccc(OC(=O)Oc2ccc(CCC)c(CCC)c2CCC)c1CCC. The normalized spacial score (nSPS) is 10.9. The molecule has 0 saturated carbocycles. The maximum absolute atomic E-state index is 12.8. The highest BCUT2D eigenvalue weighted by Gasteiger charge is 2.18. The molecule has 0 aliphatic heterocycles. The number of aryl methyl sites for hydroxylation is 2. The second kappa shape index (κ2) is 13.2. The van der Waals surface area contributed by atoms with E-state index in [1.54, 1.807) is 0 Å². The van der Waals surface area contributed by atoms with Gasteiger partial charge in [0.1, 0.15) is 11.5 Å². The summed E-state index contributed by atoms with van der Waals surface area (Å²) in [6, 6.07) is 10.1. The lowest BCUT2D eigenvalue weighted by Gasteiger charge is -2.18. The van der Waals surface area contributed by atoms with E-state index in [2.05, 4.69) is 46.8 Å². The number of hydrogen-bond acceptors (Lipinski definition) is 3. The van der Waals surface area contributed by atoms with Gasteiger partial charge >= 0.3 is 6.16 Å². The van der Waals surface area contributed by atoms with Gasteiger partial charge in [-0.2, -0.15) is 0 Å². The van der Waals surface area contributed by atoms with E-state index >= 15 is 0 Å². The molecule has 2 aromatic rings. The third kappa shape index (κ3) is 6.85. The number of hydrogen-bond donors (Lipinski definition) is 0. The zero-order chi connectivity index (χ0) is 22.6. The number of benzene rings is 2. The predicted molar refractivity (Wildman–Crippen MR) is 130 cm³/mol. The summed E-state index contributed by atoms with van der Waals surface area (Å²) in [6.07, 6.45) is 9.48. The van der Waals surface area contributed by atoms with Gasteiger partial charge in [-0.15, -0.1) is 0 Å². The lowest BCUT2D eigenvalue weighted by Crippen LogP contribution is -2.17. The largest absolute Gasteiger partial charge is 0.519 e. The molecule has 0 aliphatic carbocycles. The Balaban J connectivity index is 2.31. The van der Waals surface area contributed by atoms with Crippen LogP contribution in [-0.4, -0.2) is 6.16 Å². The van der Waals surface area contributed by atoms with Crippen LogP contribution in [0.5, 0.6) is 11.5 Å². The molecule has 31 heavy (non-hydrogen) atoms. The highest BCUT2D eigenvalue weighted by Crippen LogP contribution is 2.31. The summed E-state index contributed by atoms with van der Waals surface area (Å²) in [6.45, 7) is 10.9. The number of carbonyl (C=O) groups excluding carboxylic acids is 1. The van der Waals surface area contributed by atoms with Crippen LogP contribution in [0.15, 0.2) is 30.3 Å². The highest BCUT2D eigenvalue weighted by molar-refractivity contribution is 5.69. The maximum Gasteiger partial charge on any atom is 0.519 e. The van der Waals surface area contributed by atoms with Crippen molar-refractivity contribution in [2.45, 2.75) is 98.8 Å². The Morgan fingerprint density at radius 3 is 1.65 bits per heavy atom. The molecule has 0 heterocycles. The van der Waals surface area contributed by atoms with Gasteiger partial charge in [0.15, 0.2) is 0 Å². The fourth-order valence-electron chi connectivity index (χ4n) is 4.35. The van der Waals surface area contributed by atoms with Crippen LogP contribution in [0.2, 0.25) is 0 Å². The first-order valence-electron chi connectivity index (χ1n) is 12.2. The molecule has 3 heteroatoms. The number of rotatable bonds is 12. The van der Waals surface area contributed by atoms with Crippen LogP contribution in [0, 0.1) is 0 Å². The minimum atomic E-state index is -0.644. The molecule has 0 fully saturated rings. The van der Waals surface area contributed by atoms with Gasteiger partial charge in [-0.05, 0) is 72.1 Å². The summed E-state index contributed by atoms with van der Waals surface area (Å²) in [4.78, 5) is 12.8. The lowest BCUT2D eigenvalue weighted by atomic mass is 9.91. The zero-order valence-electron chi connectivity index (χ0n) is 20.2. The van der Waals surface area contributed by atoms with E-state index in [1.807, 2.05) is 18.2 Å². The molecule has 2 rings (SSSR count). The average molecular weight is 425 g/mol.